The summed E-state index contributed by atoms with van der Waals surface area (Å²) in [7, 11) is 0. The molecule has 8 heteroatoms. The lowest BCUT2D eigenvalue weighted by Crippen LogP contribution is -2.55. The monoisotopic (exact) mass is 389 g/mol. The number of nitrogens with two attached hydrogens (primary N) is 1. The zero-order valence-electron chi connectivity index (χ0n) is 15.6. The van der Waals surface area contributed by atoms with Gasteiger partial charge < -0.3 is 15.6 Å². The van der Waals surface area contributed by atoms with E-state index in [1.165, 1.54) is 6.42 Å². The Bertz CT molecular complexity index is 543. The van der Waals surface area contributed by atoms with Crippen LogP contribution in [-0.2, 0) is 17.8 Å². The lowest BCUT2D eigenvalue weighted by Gasteiger charge is -2.31. The van der Waals surface area contributed by atoms with Crippen LogP contribution in [0.25, 0.3) is 0 Å². The molecule has 0 unspecified atom stereocenters. The van der Waals surface area contributed by atoms with Crippen LogP contribution in [0.2, 0.25) is 0 Å². The predicted octanol–water partition coefficient (Wildman–Crippen LogP) is 2.79. The van der Waals surface area contributed by atoms with Gasteiger partial charge in [-0.2, -0.15) is 0 Å². The van der Waals surface area contributed by atoms with Crippen molar-refractivity contribution in [3.05, 3.63) is 5.82 Å². The van der Waals surface area contributed by atoms with Crippen LogP contribution in [0.15, 0.2) is 5.16 Å². The van der Waals surface area contributed by atoms with Gasteiger partial charge in [0.1, 0.15) is 5.82 Å². The molecule has 1 aliphatic rings. The number of hydrogen-bond acceptors (Lipinski definition) is 5. The molecule has 0 aromatic carbocycles. The number of carbonyl (C=O) groups excluding carboxylic acids is 1. The number of nitrogens with one attached hydrogen (secondary N) is 1. The predicted molar refractivity (Wildman–Crippen MR) is 105 cm³/mol. The molecule has 1 fully saturated rings. The van der Waals surface area contributed by atoms with Crippen molar-refractivity contribution >= 4 is 30.1 Å². The van der Waals surface area contributed by atoms with Gasteiger partial charge in [0, 0.05) is 19.5 Å². The normalized spacial score (nSPS) is 16.5. The standard InChI is InChI=1S/C17H31N5OS.ClH/c1-13(2)12-22-14(20-21-16(22)24-3)8-7-11-19-15(23)17(18)9-5-4-6-10-17;/h13H,4-12,18H2,1-3H3,(H,19,23);1H. The Balaban J connectivity index is 0.00000312. The average Bonchev–Trinajstić information content (AvgIpc) is 2.93. The smallest absolute Gasteiger partial charge is 0.240 e. The van der Waals surface area contributed by atoms with Crippen LogP contribution in [0.4, 0.5) is 0 Å². The number of nitrogens with zero attached hydrogens (tertiary/aromatic N) is 3. The van der Waals surface area contributed by atoms with Crippen LogP contribution >= 0.6 is 24.2 Å². The Labute approximate surface area is 161 Å². The van der Waals surface area contributed by atoms with Gasteiger partial charge in [-0.05, 0) is 31.4 Å². The summed E-state index contributed by atoms with van der Waals surface area (Å²) in [5.41, 5.74) is 5.60. The van der Waals surface area contributed by atoms with Crippen LogP contribution < -0.4 is 11.1 Å². The molecule has 0 bridgehead atoms. The zero-order valence-corrected chi connectivity index (χ0v) is 17.2. The highest BCUT2D eigenvalue weighted by atomic mass is 35.5. The second-order valence-corrected chi connectivity index (χ2v) is 7.96. The Hall–Kier alpha value is -0.790. The van der Waals surface area contributed by atoms with E-state index in [-0.39, 0.29) is 18.3 Å². The third-order valence-electron chi connectivity index (χ3n) is 4.58. The van der Waals surface area contributed by atoms with Crippen molar-refractivity contribution < 1.29 is 4.79 Å². The molecule has 1 saturated carbocycles. The second-order valence-electron chi connectivity index (χ2n) is 7.18. The lowest BCUT2D eigenvalue weighted by atomic mass is 9.82. The first-order valence-corrected chi connectivity index (χ1v) is 10.2. The molecule has 0 atom stereocenters. The number of aryl methyl sites for hydroxylation is 1. The SMILES string of the molecule is CSc1nnc(CCCNC(=O)C2(N)CCCCC2)n1CC(C)C.Cl. The van der Waals surface area contributed by atoms with Crippen LogP contribution in [0, 0.1) is 5.92 Å². The largest absolute Gasteiger partial charge is 0.354 e. The van der Waals surface area contributed by atoms with E-state index >= 15 is 0 Å². The molecule has 3 N–H and O–H groups in total. The first-order valence-electron chi connectivity index (χ1n) is 8.99. The summed E-state index contributed by atoms with van der Waals surface area (Å²) in [5, 5.41) is 12.6. The van der Waals surface area contributed by atoms with E-state index in [4.69, 9.17) is 5.73 Å². The first-order chi connectivity index (χ1) is 11.5. The number of hydrogen-bond donors (Lipinski definition) is 2. The highest BCUT2D eigenvalue weighted by Gasteiger charge is 2.34. The van der Waals surface area contributed by atoms with E-state index in [2.05, 4.69) is 33.9 Å². The van der Waals surface area contributed by atoms with Gasteiger partial charge in [0.25, 0.3) is 0 Å². The molecule has 1 aromatic rings. The van der Waals surface area contributed by atoms with Gasteiger partial charge >= 0.3 is 0 Å². The van der Waals surface area contributed by atoms with Crippen LogP contribution in [-0.4, -0.2) is 39.0 Å². The van der Waals surface area contributed by atoms with E-state index in [9.17, 15) is 4.79 Å². The van der Waals surface area contributed by atoms with Gasteiger partial charge in [-0.25, -0.2) is 0 Å². The maximum Gasteiger partial charge on any atom is 0.240 e. The van der Waals surface area contributed by atoms with E-state index < -0.39 is 5.54 Å². The summed E-state index contributed by atoms with van der Waals surface area (Å²) in [6, 6.07) is 0. The van der Waals surface area contributed by atoms with Gasteiger partial charge in [0.15, 0.2) is 5.16 Å². The maximum absolute atomic E-state index is 12.3. The maximum atomic E-state index is 12.3. The summed E-state index contributed by atoms with van der Waals surface area (Å²) < 4.78 is 2.20. The minimum absolute atomic E-state index is 0. The van der Waals surface area contributed by atoms with Crippen LogP contribution in [0.1, 0.15) is 58.2 Å². The molecule has 1 heterocycles. The van der Waals surface area contributed by atoms with Gasteiger partial charge in [0.2, 0.25) is 5.91 Å². The summed E-state index contributed by atoms with van der Waals surface area (Å²) in [6.45, 7) is 5.95. The number of aromatic nitrogens is 3. The van der Waals surface area contributed by atoms with Crippen LogP contribution in [0.5, 0.6) is 0 Å². The van der Waals surface area contributed by atoms with E-state index in [0.29, 0.717) is 12.5 Å². The van der Waals surface area contributed by atoms with Gasteiger partial charge in [-0.15, -0.1) is 22.6 Å². The molecule has 2 rings (SSSR count). The third kappa shape index (κ3) is 6.15. The number of thioether (sulfide) groups is 1. The molecule has 0 saturated heterocycles. The Morgan fingerprint density at radius 1 is 1.32 bits per heavy atom. The van der Waals surface area contributed by atoms with Crippen molar-refractivity contribution in [2.24, 2.45) is 11.7 Å². The Morgan fingerprint density at radius 2 is 2.00 bits per heavy atom. The van der Waals surface area contributed by atoms with Gasteiger partial charge in [0.05, 0.1) is 5.54 Å². The van der Waals surface area contributed by atoms with E-state index in [0.717, 1.165) is 56.1 Å². The van der Waals surface area contributed by atoms with Crippen molar-refractivity contribution in [1.29, 1.82) is 0 Å². The molecular weight excluding hydrogens is 358 g/mol. The van der Waals surface area contributed by atoms with Crippen molar-refractivity contribution in [2.75, 3.05) is 12.8 Å². The highest BCUT2D eigenvalue weighted by molar-refractivity contribution is 7.98. The summed E-state index contributed by atoms with van der Waals surface area (Å²) >= 11 is 1.62. The number of rotatable bonds is 8. The molecule has 25 heavy (non-hydrogen) atoms. The molecule has 0 aliphatic heterocycles. The Kier molecular flexibility index (Phi) is 9.24. The van der Waals surface area contributed by atoms with Gasteiger partial charge in [-0.1, -0.05) is 44.9 Å². The Morgan fingerprint density at radius 3 is 2.60 bits per heavy atom. The second kappa shape index (κ2) is 10.4. The fourth-order valence-electron chi connectivity index (χ4n) is 3.24. The summed E-state index contributed by atoms with van der Waals surface area (Å²) in [4.78, 5) is 12.3. The van der Waals surface area contributed by atoms with Gasteiger partial charge in [-0.3, -0.25) is 4.79 Å². The van der Waals surface area contributed by atoms with Crippen molar-refractivity contribution in [3.63, 3.8) is 0 Å². The van der Waals surface area contributed by atoms with Crippen molar-refractivity contribution in [3.8, 4) is 0 Å². The fraction of sp³-hybridized carbons (Fsp3) is 0.824. The van der Waals surface area contributed by atoms with Crippen molar-refractivity contribution in [2.45, 2.75) is 76.0 Å². The van der Waals surface area contributed by atoms with Crippen molar-refractivity contribution in [1.82, 2.24) is 20.1 Å². The molecule has 1 amide bonds. The summed E-state index contributed by atoms with van der Waals surface area (Å²) in [5.74, 6) is 1.56. The number of halogens is 1. The molecule has 0 spiro atoms. The minimum atomic E-state index is -0.651. The quantitative estimate of drug-likeness (QED) is 0.527. The molecule has 144 valence electrons. The first kappa shape index (κ1) is 22.3. The molecule has 6 nitrogen and oxygen atoms in total. The molecule has 0 radical (unpaired) electrons. The fourth-order valence-corrected chi connectivity index (χ4v) is 3.76. The highest BCUT2D eigenvalue weighted by Crippen LogP contribution is 2.26. The molecule has 1 aliphatic carbocycles. The molecule has 1 aromatic heterocycles. The lowest BCUT2D eigenvalue weighted by molar-refractivity contribution is -0.127. The third-order valence-corrected chi connectivity index (χ3v) is 5.25. The number of amides is 1. The average molecular weight is 390 g/mol. The number of carbonyl (C=O) groups is 1. The van der Waals surface area contributed by atoms with E-state index in [1.807, 2.05) is 6.26 Å². The summed E-state index contributed by atoms with van der Waals surface area (Å²) in [6.07, 6.45) is 8.60. The molecular formula is C17H32ClN5OS. The minimum Gasteiger partial charge on any atom is -0.354 e. The van der Waals surface area contributed by atoms with E-state index in [1.54, 1.807) is 11.8 Å². The topological polar surface area (TPSA) is 85.8 Å². The van der Waals surface area contributed by atoms with Crippen LogP contribution in [0.3, 0.4) is 0 Å². The zero-order chi connectivity index (χ0) is 17.6.